The normalized spacial score (nSPS) is 10.2. The van der Waals surface area contributed by atoms with Crippen molar-refractivity contribution in [2.75, 3.05) is 13.2 Å². The van der Waals surface area contributed by atoms with Crippen molar-refractivity contribution in [1.29, 1.82) is 0 Å². The Hall–Kier alpha value is -0.870. The fourth-order valence-electron chi connectivity index (χ4n) is 1.35. The highest BCUT2D eigenvalue weighted by atomic mass is 79.9. The highest BCUT2D eigenvalue weighted by Crippen LogP contribution is 2.17. The van der Waals surface area contributed by atoms with E-state index in [1.807, 2.05) is 25.1 Å². The number of carbonyl (C=O) groups is 1. The summed E-state index contributed by atoms with van der Waals surface area (Å²) in [6, 6.07) is 5.68. The molecule has 0 fully saturated rings. The van der Waals surface area contributed by atoms with Gasteiger partial charge in [-0.15, -0.1) is 0 Å². The minimum absolute atomic E-state index is 0.0754. The van der Waals surface area contributed by atoms with Crippen LogP contribution in [0.4, 0.5) is 0 Å². The van der Waals surface area contributed by atoms with E-state index >= 15 is 0 Å². The second-order valence-electron chi connectivity index (χ2n) is 3.67. The number of nitrogens with one attached hydrogen (secondary N) is 1. The summed E-state index contributed by atoms with van der Waals surface area (Å²) in [5, 5.41) is 11.4. The third-order valence-corrected chi connectivity index (χ3v) is 2.93. The zero-order valence-electron chi connectivity index (χ0n) is 9.29. The monoisotopic (exact) mass is 285 g/mol. The lowest BCUT2D eigenvalue weighted by Gasteiger charge is -2.07. The van der Waals surface area contributed by atoms with Crippen molar-refractivity contribution in [3.05, 3.63) is 33.8 Å². The lowest BCUT2D eigenvalue weighted by atomic mass is 10.1. The first-order valence-electron chi connectivity index (χ1n) is 5.30. The Bertz CT molecular complexity index is 366. The maximum atomic E-state index is 11.8. The van der Waals surface area contributed by atoms with Crippen molar-refractivity contribution in [3.63, 3.8) is 0 Å². The van der Waals surface area contributed by atoms with Crippen LogP contribution in [0, 0.1) is 6.92 Å². The summed E-state index contributed by atoms with van der Waals surface area (Å²) in [6.45, 7) is 2.72. The maximum Gasteiger partial charge on any atom is 0.252 e. The van der Waals surface area contributed by atoms with Crippen molar-refractivity contribution in [1.82, 2.24) is 5.32 Å². The topological polar surface area (TPSA) is 49.3 Å². The summed E-state index contributed by atoms with van der Waals surface area (Å²) >= 11 is 3.35. The van der Waals surface area contributed by atoms with E-state index in [9.17, 15) is 4.79 Å². The number of halogens is 1. The number of aryl methyl sites for hydroxylation is 1. The number of rotatable bonds is 5. The number of amides is 1. The predicted octanol–water partition coefficient (Wildman–Crippen LogP) is 2.26. The van der Waals surface area contributed by atoms with Gasteiger partial charge in [0, 0.05) is 17.6 Å². The molecule has 1 aromatic carbocycles. The summed E-state index contributed by atoms with van der Waals surface area (Å²) in [5.74, 6) is -0.0754. The Morgan fingerprint density at radius 1 is 1.44 bits per heavy atom. The molecule has 0 radical (unpaired) electrons. The molecule has 4 heteroatoms. The third-order valence-electron chi connectivity index (χ3n) is 2.24. The number of carbonyl (C=O) groups excluding carboxylic acids is 1. The predicted molar refractivity (Wildman–Crippen MR) is 67.5 cm³/mol. The van der Waals surface area contributed by atoms with Gasteiger partial charge in [-0.05, 0) is 47.8 Å². The van der Waals surface area contributed by atoms with E-state index in [0.29, 0.717) is 12.1 Å². The van der Waals surface area contributed by atoms with E-state index in [1.54, 1.807) is 0 Å². The van der Waals surface area contributed by atoms with Gasteiger partial charge in [0.2, 0.25) is 0 Å². The van der Waals surface area contributed by atoms with Gasteiger partial charge in [-0.1, -0.05) is 11.6 Å². The molecule has 0 spiro atoms. The average Bonchev–Trinajstić information content (AvgIpc) is 2.27. The second-order valence-corrected chi connectivity index (χ2v) is 4.52. The van der Waals surface area contributed by atoms with Crippen LogP contribution in [0.15, 0.2) is 22.7 Å². The number of aliphatic hydroxyl groups excluding tert-OH is 1. The zero-order chi connectivity index (χ0) is 12.0. The standard InChI is InChI=1S/C12H16BrNO2/c1-9-4-5-11(13)10(8-9)12(16)14-6-2-3-7-15/h4-5,8,15H,2-3,6-7H2,1H3,(H,14,16). The van der Waals surface area contributed by atoms with E-state index in [-0.39, 0.29) is 12.5 Å². The first kappa shape index (κ1) is 13.2. The van der Waals surface area contributed by atoms with Crippen LogP contribution in [0.25, 0.3) is 0 Å². The van der Waals surface area contributed by atoms with E-state index in [2.05, 4.69) is 21.2 Å². The van der Waals surface area contributed by atoms with E-state index in [1.165, 1.54) is 0 Å². The molecule has 0 heterocycles. The lowest BCUT2D eigenvalue weighted by molar-refractivity contribution is 0.0951. The van der Waals surface area contributed by atoms with Crippen molar-refractivity contribution in [3.8, 4) is 0 Å². The summed E-state index contributed by atoms with van der Waals surface area (Å²) < 4.78 is 0.803. The molecular formula is C12H16BrNO2. The smallest absolute Gasteiger partial charge is 0.252 e. The molecule has 3 nitrogen and oxygen atoms in total. The first-order chi connectivity index (χ1) is 7.65. The highest BCUT2D eigenvalue weighted by molar-refractivity contribution is 9.10. The molecule has 0 atom stereocenters. The number of hydrogen-bond donors (Lipinski definition) is 2. The number of hydrogen-bond acceptors (Lipinski definition) is 2. The molecule has 0 bridgehead atoms. The Morgan fingerprint density at radius 3 is 2.88 bits per heavy atom. The van der Waals surface area contributed by atoms with Gasteiger partial charge in [-0.3, -0.25) is 4.79 Å². The molecule has 0 saturated carbocycles. The first-order valence-corrected chi connectivity index (χ1v) is 6.09. The molecular weight excluding hydrogens is 270 g/mol. The maximum absolute atomic E-state index is 11.8. The minimum atomic E-state index is -0.0754. The molecule has 0 aliphatic rings. The SMILES string of the molecule is Cc1ccc(Br)c(C(=O)NCCCCO)c1. The van der Waals surface area contributed by atoms with Crippen LogP contribution in [0.5, 0.6) is 0 Å². The summed E-state index contributed by atoms with van der Waals surface area (Å²) in [5.41, 5.74) is 1.72. The van der Waals surface area contributed by atoms with Crippen molar-refractivity contribution >= 4 is 21.8 Å². The van der Waals surface area contributed by atoms with E-state index < -0.39 is 0 Å². The van der Waals surface area contributed by atoms with Crippen LogP contribution in [0.1, 0.15) is 28.8 Å². The van der Waals surface area contributed by atoms with E-state index in [0.717, 1.165) is 22.9 Å². The minimum Gasteiger partial charge on any atom is -0.396 e. The molecule has 1 rings (SSSR count). The van der Waals surface area contributed by atoms with Gasteiger partial charge in [-0.25, -0.2) is 0 Å². The van der Waals surface area contributed by atoms with Gasteiger partial charge in [0.05, 0.1) is 5.56 Å². The fourth-order valence-corrected chi connectivity index (χ4v) is 1.77. The zero-order valence-corrected chi connectivity index (χ0v) is 10.9. The molecule has 1 amide bonds. The van der Waals surface area contributed by atoms with Gasteiger partial charge in [0.25, 0.3) is 5.91 Å². The summed E-state index contributed by atoms with van der Waals surface area (Å²) in [4.78, 5) is 11.8. The van der Waals surface area contributed by atoms with Crippen LogP contribution >= 0.6 is 15.9 Å². The summed E-state index contributed by atoms with van der Waals surface area (Å²) in [7, 11) is 0. The van der Waals surface area contributed by atoms with Crippen molar-refractivity contribution < 1.29 is 9.90 Å². The second kappa shape index (κ2) is 6.66. The quantitative estimate of drug-likeness (QED) is 0.816. The molecule has 16 heavy (non-hydrogen) atoms. The molecule has 0 aliphatic heterocycles. The molecule has 1 aromatic rings. The lowest BCUT2D eigenvalue weighted by Crippen LogP contribution is -2.25. The largest absolute Gasteiger partial charge is 0.396 e. The Kier molecular flexibility index (Phi) is 5.49. The van der Waals surface area contributed by atoms with Crippen LogP contribution in [0.2, 0.25) is 0 Å². The van der Waals surface area contributed by atoms with Gasteiger partial charge in [0.15, 0.2) is 0 Å². The van der Waals surface area contributed by atoms with Gasteiger partial charge >= 0.3 is 0 Å². The highest BCUT2D eigenvalue weighted by Gasteiger charge is 2.08. The number of aliphatic hydroxyl groups is 1. The van der Waals surface area contributed by atoms with Gasteiger partial charge < -0.3 is 10.4 Å². The molecule has 2 N–H and O–H groups in total. The number of unbranched alkanes of at least 4 members (excludes halogenated alkanes) is 1. The molecule has 0 aliphatic carbocycles. The van der Waals surface area contributed by atoms with Crippen LogP contribution < -0.4 is 5.32 Å². The summed E-state index contributed by atoms with van der Waals surface area (Å²) in [6.07, 6.45) is 1.51. The molecule has 0 unspecified atom stereocenters. The van der Waals surface area contributed by atoms with E-state index in [4.69, 9.17) is 5.11 Å². The Balaban J connectivity index is 2.55. The third kappa shape index (κ3) is 3.94. The van der Waals surface area contributed by atoms with Gasteiger partial charge in [-0.2, -0.15) is 0 Å². The van der Waals surface area contributed by atoms with Crippen LogP contribution in [0.3, 0.4) is 0 Å². The van der Waals surface area contributed by atoms with Gasteiger partial charge in [0.1, 0.15) is 0 Å². The van der Waals surface area contributed by atoms with Crippen LogP contribution in [-0.4, -0.2) is 24.2 Å². The van der Waals surface area contributed by atoms with Crippen molar-refractivity contribution in [2.45, 2.75) is 19.8 Å². The molecule has 0 saturated heterocycles. The average molecular weight is 286 g/mol. The van der Waals surface area contributed by atoms with Crippen molar-refractivity contribution in [2.24, 2.45) is 0 Å². The molecule has 0 aromatic heterocycles. The van der Waals surface area contributed by atoms with Crippen LogP contribution in [-0.2, 0) is 0 Å². The molecule has 88 valence electrons. The fraction of sp³-hybridized carbons (Fsp3) is 0.417. The Labute approximate surface area is 104 Å². The Morgan fingerprint density at radius 2 is 2.19 bits per heavy atom. The number of benzene rings is 1.